The third-order valence-electron chi connectivity index (χ3n) is 0. The fraction of sp³-hybridized carbons (Fsp3) is 1.00. The zero-order valence-corrected chi connectivity index (χ0v) is 13.0. The highest BCUT2D eigenvalue weighted by Gasteiger charge is 1.96. The van der Waals surface area contributed by atoms with Crippen LogP contribution in [0.1, 0.15) is 83.1 Å². The molecule has 0 saturated carbocycles. The molecule has 0 aromatic carbocycles. The second kappa shape index (κ2) is 13.0. The van der Waals surface area contributed by atoms with Crippen LogP contribution in [0.4, 0.5) is 0 Å². The predicted molar refractivity (Wildman–Crippen MR) is 73.0 cm³/mol. The number of hydrogen-bond donors (Lipinski definition) is 0. The van der Waals surface area contributed by atoms with E-state index >= 15 is 0 Å². The molecule has 0 nitrogen and oxygen atoms in total. The Labute approximate surface area is 94.5 Å². The van der Waals surface area contributed by atoms with Crippen LogP contribution in [0.5, 0.6) is 0 Å². The third-order valence-corrected chi connectivity index (χ3v) is 0. The maximum Gasteiger partial charge on any atom is -0.0411 e. The van der Waals surface area contributed by atoms with Crippen LogP contribution in [0.25, 0.3) is 0 Å². The Hall–Kier alpha value is 0. The van der Waals surface area contributed by atoms with Gasteiger partial charge in [0.2, 0.25) is 0 Å². The average Bonchev–Trinajstić information content (AvgIpc) is 1.88. The molecular weight excluding hydrogens is 168 g/mol. The molecule has 0 spiro atoms. The first-order chi connectivity index (χ1) is 6.00. The highest BCUT2D eigenvalue weighted by Crippen LogP contribution is 2.08. The van der Waals surface area contributed by atoms with Crippen LogP contribution >= 0.6 is 0 Å². The Morgan fingerprint density at radius 3 is 0.357 bits per heavy atom. The summed E-state index contributed by atoms with van der Waals surface area (Å²) in [4.78, 5) is 0. The van der Waals surface area contributed by atoms with E-state index in [2.05, 4.69) is 55.4 Å². The molecule has 0 fully saturated rings. The van der Waals surface area contributed by atoms with Gasteiger partial charge in [0.15, 0.2) is 0 Å². The minimum Gasteiger partial charge on any atom is -0.0683 e. The van der Waals surface area contributed by atoms with Crippen LogP contribution in [-0.4, -0.2) is 0 Å². The van der Waals surface area contributed by atoms with Crippen LogP contribution < -0.4 is 0 Å². The molecule has 0 rings (SSSR count). The van der Waals surface area contributed by atoms with Gasteiger partial charge in [-0.25, -0.2) is 0 Å². The molecule has 0 radical (unpaired) electrons. The Kier molecular flexibility index (Phi) is 22.0. The van der Waals surface area contributed by atoms with Crippen molar-refractivity contribution in [3.63, 3.8) is 0 Å². The first-order valence-electron chi connectivity index (χ1n) is 6.00. The summed E-state index contributed by atoms with van der Waals surface area (Å²) in [5.74, 6) is 0. The molecule has 0 amide bonds. The second-order valence-electron chi connectivity index (χ2n) is 6.00. The van der Waals surface area contributed by atoms with Gasteiger partial charge in [-0.2, -0.15) is 0 Å². The van der Waals surface area contributed by atoms with Crippen molar-refractivity contribution in [3.05, 3.63) is 0 Å². The lowest BCUT2D eigenvalue weighted by Crippen LogP contribution is -1.93. The van der Waals surface area contributed by atoms with E-state index in [1.807, 2.05) is 27.7 Å². The highest BCUT2D eigenvalue weighted by atomic mass is 14.0. The fourth-order valence-electron chi connectivity index (χ4n) is 0. The van der Waals surface area contributed by atoms with Gasteiger partial charge in [0, 0.05) is 0 Å². The minimum atomic E-state index is 0.500. The normalized spacial score (nSPS) is 9.43. The van der Waals surface area contributed by atoms with Gasteiger partial charge < -0.3 is 0 Å². The van der Waals surface area contributed by atoms with Gasteiger partial charge in [-0.05, 0) is 10.8 Å². The smallest absolute Gasteiger partial charge is 0.0411 e. The van der Waals surface area contributed by atoms with Crippen LogP contribution in [0, 0.1) is 10.8 Å². The molecule has 0 heteroatoms. The summed E-state index contributed by atoms with van der Waals surface area (Å²) in [5.41, 5.74) is 1.00. The summed E-state index contributed by atoms with van der Waals surface area (Å²) < 4.78 is 0. The first kappa shape index (κ1) is 23.7. The van der Waals surface area contributed by atoms with Crippen LogP contribution in [0.15, 0.2) is 0 Å². The van der Waals surface area contributed by atoms with Crippen molar-refractivity contribution in [2.75, 3.05) is 0 Å². The van der Waals surface area contributed by atoms with E-state index in [-0.39, 0.29) is 0 Å². The van der Waals surface area contributed by atoms with E-state index in [4.69, 9.17) is 0 Å². The van der Waals surface area contributed by atoms with Crippen LogP contribution in [0.3, 0.4) is 0 Å². The van der Waals surface area contributed by atoms with E-state index in [0.29, 0.717) is 10.8 Å². The van der Waals surface area contributed by atoms with Gasteiger partial charge in [0.05, 0.1) is 0 Å². The average molecular weight is 204 g/mol. The lowest BCUT2D eigenvalue weighted by Gasteiger charge is -2.05. The monoisotopic (exact) mass is 204 g/mol. The Morgan fingerprint density at radius 2 is 0.357 bits per heavy atom. The quantitative estimate of drug-likeness (QED) is 0.443. The van der Waals surface area contributed by atoms with Gasteiger partial charge in [-0.15, -0.1) is 0 Å². The standard InChI is InChI=1S/2C5H12.2C2H6/c2*1-5(2,3)4;2*1-2/h2*1-4H3;2*1-2H3. The Bertz CT molecular complexity index is 43.0. The van der Waals surface area contributed by atoms with Gasteiger partial charge in [0.1, 0.15) is 0 Å². The summed E-state index contributed by atoms with van der Waals surface area (Å²) >= 11 is 0. The van der Waals surface area contributed by atoms with E-state index < -0.39 is 0 Å². The van der Waals surface area contributed by atoms with Gasteiger partial charge >= 0.3 is 0 Å². The predicted octanol–water partition coefficient (Wildman–Crippen LogP) is 6.16. The zero-order valence-electron chi connectivity index (χ0n) is 13.0. The number of hydrogen-bond acceptors (Lipinski definition) is 0. The maximum atomic E-state index is 2.19. The molecule has 0 atom stereocenters. The van der Waals surface area contributed by atoms with Gasteiger partial charge in [-0.1, -0.05) is 83.1 Å². The molecule has 92 valence electrons. The van der Waals surface area contributed by atoms with Crippen molar-refractivity contribution < 1.29 is 0 Å². The van der Waals surface area contributed by atoms with E-state index in [1.165, 1.54) is 0 Å². The van der Waals surface area contributed by atoms with E-state index in [9.17, 15) is 0 Å². The summed E-state index contributed by atoms with van der Waals surface area (Å²) in [6.07, 6.45) is 0. The Morgan fingerprint density at radius 1 is 0.357 bits per heavy atom. The van der Waals surface area contributed by atoms with E-state index in [1.54, 1.807) is 0 Å². The molecular formula is C14H36. The maximum absolute atomic E-state index is 2.19. The van der Waals surface area contributed by atoms with Crippen molar-refractivity contribution in [1.82, 2.24) is 0 Å². The summed E-state index contributed by atoms with van der Waals surface area (Å²) in [7, 11) is 0. The van der Waals surface area contributed by atoms with Crippen molar-refractivity contribution >= 4 is 0 Å². The molecule has 0 N–H and O–H groups in total. The molecule has 0 bridgehead atoms. The van der Waals surface area contributed by atoms with E-state index in [0.717, 1.165) is 0 Å². The molecule has 0 aliphatic rings. The third kappa shape index (κ3) is 0. The fourth-order valence-corrected chi connectivity index (χ4v) is 0. The van der Waals surface area contributed by atoms with Crippen molar-refractivity contribution in [3.8, 4) is 0 Å². The molecule has 0 aromatic rings. The van der Waals surface area contributed by atoms with Gasteiger partial charge in [-0.3, -0.25) is 0 Å². The SMILES string of the molecule is CC.CC.CC(C)(C)C.CC(C)(C)C. The number of rotatable bonds is 0. The molecule has 14 heavy (non-hydrogen) atoms. The topological polar surface area (TPSA) is 0 Å². The minimum absolute atomic E-state index is 0.500. The summed E-state index contributed by atoms with van der Waals surface area (Å²) in [6.45, 7) is 25.5. The molecule has 0 aliphatic heterocycles. The second-order valence-corrected chi connectivity index (χ2v) is 6.00. The molecule has 0 unspecified atom stereocenters. The lowest BCUT2D eigenvalue weighted by atomic mass is 10.0. The Balaban J connectivity index is -0.0000000528. The zero-order chi connectivity index (χ0) is 13.0. The summed E-state index contributed by atoms with van der Waals surface area (Å²) in [6, 6.07) is 0. The van der Waals surface area contributed by atoms with Crippen LogP contribution in [-0.2, 0) is 0 Å². The first-order valence-corrected chi connectivity index (χ1v) is 6.00. The molecule has 0 heterocycles. The highest BCUT2D eigenvalue weighted by molar-refractivity contribution is 4.47. The van der Waals surface area contributed by atoms with Crippen LogP contribution in [0.2, 0.25) is 0 Å². The largest absolute Gasteiger partial charge is 0.0683 e. The molecule has 0 aromatic heterocycles. The molecule has 0 saturated heterocycles. The van der Waals surface area contributed by atoms with Crippen molar-refractivity contribution in [1.29, 1.82) is 0 Å². The summed E-state index contributed by atoms with van der Waals surface area (Å²) in [5, 5.41) is 0. The van der Waals surface area contributed by atoms with Crippen molar-refractivity contribution in [2.45, 2.75) is 83.1 Å². The van der Waals surface area contributed by atoms with Gasteiger partial charge in [0.25, 0.3) is 0 Å². The van der Waals surface area contributed by atoms with Crippen molar-refractivity contribution in [2.24, 2.45) is 10.8 Å². The lowest BCUT2D eigenvalue weighted by molar-refractivity contribution is 0.469. The molecule has 0 aliphatic carbocycles.